The summed E-state index contributed by atoms with van der Waals surface area (Å²) < 4.78 is 5.60. The number of hydrogen-bond donors (Lipinski definition) is 2. The number of benzene rings is 2. The minimum absolute atomic E-state index is 0.000912. The molecule has 2 aromatic carbocycles. The highest BCUT2D eigenvalue weighted by molar-refractivity contribution is 14.1. The van der Waals surface area contributed by atoms with Crippen molar-refractivity contribution in [1.29, 1.82) is 5.26 Å². The third-order valence-electron chi connectivity index (χ3n) is 3.12. The van der Waals surface area contributed by atoms with Crippen LogP contribution in [0.25, 0.3) is 6.08 Å². The number of methoxy groups -OCH3 is 1. The van der Waals surface area contributed by atoms with Crippen LogP contribution in [0.4, 0.5) is 5.69 Å². The molecule has 0 atom stereocenters. The number of nitriles is 1. The molecule has 0 unspecified atom stereocenters. The molecule has 0 bridgehead atoms. The Morgan fingerprint density at radius 3 is 2.64 bits per heavy atom. The molecular weight excluding hydrogens is 478 g/mol. The molecule has 2 aromatic rings. The minimum atomic E-state index is -0.595. The molecule has 128 valence electrons. The SMILES string of the molecule is COc1cc(/C=C(/C#N)C(=O)Nc2ccc(Cl)c(Cl)c2)cc(I)c1O. The van der Waals surface area contributed by atoms with Gasteiger partial charge in [-0.2, -0.15) is 5.26 Å². The summed E-state index contributed by atoms with van der Waals surface area (Å²) in [6.07, 6.45) is 1.40. The van der Waals surface area contributed by atoms with E-state index in [4.69, 9.17) is 27.9 Å². The van der Waals surface area contributed by atoms with Crippen LogP contribution in [0.1, 0.15) is 5.56 Å². The molecule has 0 aromatic heterocycles. The summed E-state index contributed by atoms with van der Waals surface area (Å²) in [5.74, 6) is -0.345. The summed E-state index contributed by atoms with van der Waals surface area (Å²) in [5.41, 5.74) is 0.841. The van der Waals surface area contributed by atoms with Gasteiger partial charge in [0.1, 0.15) is 11.6 Å². The summed E-state index contributed by atoms with van der Waals surface area (Å²) in [4.78, 5) is 12.3. The van der Waals surface area contributed by atoms with Gasteiger partial charge in [-0.3, -0.25) is 4.79 Å². The fraction of sp³-hybridized carbons (Fsp3) is 0.0588. The lowest BCUT2D eigenvalue weighted by atomic mass is 10.1. The molecule has 0 fully saturated rings. The van der Waals surface area contributed by atoms with Crippen LogP contribution in [0.15, 0.2) is 35.9 Å². The van der Waals surface area contributed by atoms with Gasteiger partial charge < -0.3 is 15.2 Å². The first-order chi connectivity index (χ1) is 11.8. The number of nitrogens with zero attached hydrogens (tertiary/aromatic N) is 1. The number of ether oxygens (including phenoxy) is 1. The van der Waals surface area contributed by atoms with Crippen molar-refractivity contribution in [2.24, 2.45) is 0 Å². The number of anilines is 1. The Balaban J connectivity index is 2.31. The van der Waals surface area contributed by atoms with E-state index in [9.17, 15) is 15.2 Å². The largest absolute Gasteiger partial charge is 0.504 e. The number of rotatable bonds is 4. The van der Waals surface area contributed by atoms with Crippen LogP contribution in [0.5, 0.6) is 11.5 Å². The van der Waals surface area contributed by atoms with Gasteiger partial charge in [-0.25, -0.2) is 0 Å². The van der Waals surface area contributed by atoms with Crippen molar-refractivity contribution in [3.05, 3.63) is 55.1 Å². The van der Waals surface area contributed by atoms with E-state index in [2.05, 4.69) is 5.32 Å². The maximum Gasteiger partial charge on any atom is 0.266 e. The van der Waals surface area contributed by atoms with Gasteiger partial charge in [0.15, 0.2) is 11.5 Å². The molecule has 1 amide bonds. The van der Waals surface area contributed by atoms with E-state index in [1.54, 1.807) is 18.2 Å². The summed E-state index contributed by atoms with van der Waals surface area (Å²) in [6, 6.07) is 9.62. The molecule has 0 aliphatic carbocycles. The zero-order chi connectivity index (χ0) is 18.6. The molecule has 0 saturated carbocycles. The van der Waals surface area contributed by atoms with Crippen molar-refractivity contribution in [3.63, 3.8) is 0 Å². The number of carbonyl (C=O) groups excluding carboxylic acids is 1. The number of aromatic hydroxyl groups is 1. The molecule has 25 heavy (non-hydrogen) atoms. The van der Waals surface area contributed by atoms with Gasteiger partial charge in [0, 0.05) is 5.69 Å². The van der Waals surface area contributed by atoms with Crippen molar-refractivity contribution < 1.29 is 14.6 Å². The van der Waals surface area contributed by atoms with Crippen molar-refractivity contribution in [3.8, 4) is 17.6 Å². The Hall–Kier alpha value is -1.95. The maximum absolute atomic E-state index is 12.3. The zero-order valence-electron chi connectivity index (χ0n) is 12.8. The summed E-state index contributed by atoms with van der Waals surface area (Å²) in [6.45, 7) is 0. The third kappa shape index (κ3) is 4.78. The van der Waals surface area contributed by atoms with Gasteiger partial charge in [0.25, 0.3) is 5.91 Å². The number of halogens is 3. The lowest BCUT2D eigenvalue weighted by molar-refractivity contribution is -0.112. The Morgan fingerprint density at radius 2 is 2.04 bits per heavy atom. The molecule has 0 aliphatic rings. The molecule has 0 spiro atoms. The average molecular weight is 489 g/mol. The van der Waals surface area contributed by atoms with Gasteiger partial charge in [-0.1, -0.05) is 23.2 Å². The fourth-order valence-electron chi connectivity index (χ4n) is 1.92. The van der Waals surface area contributed by atoms with E-state index in [-0.39, 0.29) is 17.1 Å². The van der Waals surface area contributed by atoms with Crippen LogP contribution in [0.3, 0.4) is 0 Å². The van der Waals surface area contributed by atoms with E-state index in [0.717, 1.165) is 0 Å². The van der Waals surface area contributed by atoms with Crippen LogP contribution in [-0.2, 0) is 4.79 Å². The molecule has 0 radical (unpaired) electrons. The van der Waals surface area contributed by atoms with Crippen LogP contribution in [0, 0.1) is 14.9 Å². The van der Waals surface area contributed by atoms with E-state index >= 15 is 0 Å². The number of hydrogen-bond acceptors (Lipinski definition) is 4. The number of phenols is 1. The van der Waals surface area contributed by atoms with Gasteiger partial charge in [0.05, 0.1) is 20.7 Å². The first kappa shape index (κ1) is 19.4. The van der Waals surface area contributed by atoms with Crippen LogP contribution in [-0.4, -0.2) is 18.1 Å². The molecule has 2 rings (SSSR count). The highest BCUT2D eigenvalue weighted by Crippen LogP contribution is 2.33. The second-order valence-electron chi connectivity index (χ2n) is 4.81. The third-order valence-corrected chi connectivity index (χ3v) is 4.69. The fourth-order valence-corrected chi connectivity index (χ4v) is 2.84. The molecular formula is C17H11Cl2IN2O3. The van der Waals surface area contributed by atoms with Crippen molar-refractivity contribution in [2.45, 2.75) is 0 Å². The molecule has 0 aliphatic heterocycles. The van der Waals surface area contributed by atoms with Crippen LogP contribution in [0.2, 0.25) is 10.0 Å². The highest BCUT2D eigenvalue weighted by Gasteiger charge is 2.13. The second-order valence-corrected chi connectivity index (χ2v) is 6.78. The number of nitrogens with one attached hydrogen (secondary N) is 1. The highest BCUT2D eigenvalue weighted by atomic mass is 127. The molecule has 5 nitrogen and oxygen atoms in total. The second kappa shape index (κ2) is 8.43. The smallest absolute Gasteiger partial charge is 0.266 e. The van der Waals surface area contributed by atoms with Crippen LogP contribution < -0.4 is 10.1 Å². The minimum Gasteiger partial charge on any atom is -0.504 e. The lowest BCUT2D eigenvalue weighted by Gasteiger charge is -2.08. The maximum atomic E-state index is 12.3. The van der Waals surface area contributed by atoms with E-state index in [0.29, 0.717) is 24.9 Å². The van der Waals surface area contributed by atoms with Gasteiger partial charge in [-0.15, -0.1) is 0 Å². The Labute approximate surface area is 168 Å². The summed E-state index contributed by atoms with van der Waals surface area (Å²) >= 11 is 13.7. The van der Waals surface area contributed by atoms with Gasteiger partial charge >= 0.3 is 0 Å². The number of phenolic OH excluding ortho intramolecular Hbond substituents is 1. The summed E-state index contributed by atoms with van der Waals surface area (Å²) in [7, 11) is 1.42. The Morgan fingerprint density at radius 1 is 1.32 bits per heavy atom. The predicted octanol–water partition coefficient (Wildman–Crippen LogP) is 4.86. The zero-order valence-corrected chi connectivity index (χ0v) is 16.5. The first-order valence-corrected chi connectivity index (χ1v) is 8.64. The normalized spacial score (nSPS) is 10.9. The molecule has 2 N–H and O–H groups in total. The van der Waals surface area contributed by atoms with Crippen molar-refractivity contribution >= 4 is 63.5 Å². The number of carbonyl (C=O) groups is 1. The number of amides is 1. The van der Waals surface area contributed by atoms with Crippen LogP contribution >= 0.6 is 45.8 Å². The summed E-state index contributed by atoms with van der Waals surface area (Å²) in [5, 5.41) is 22.4. The average Bonchev–Trinajstić information content (AvgIpc) is 2.58. The quantitative estimate of drug-likeness (QED) is 0.366. The Kier molecular flexibility index (Phi) is 6.53. The van der Waals surface area contributed by atoms with Gasteiger partial charge in [-0.05, 0) is 64.6 Å². The van der Waals surface area contributed by atoms with Crippen molar-refractivity contribution in [2.75, 3.05) is 12.4 Å². The monoisotopic (exact) mass is 488 g/mol. The molecule has 0 saturated heterocycles. The molecule has 8 heteroatoms. The van der Waals surface area contributed by atoms with E-state index < -0.39 is 5.91 Å². The predicted molar refractivity (Wildman–Crippen MR) is 106 cm³/mol. The standard InChI is InChI=1S/C17H11Cl2IN2O3/c1-25-15-6-9(5-14(20)16(15)23)4-10(8-21)17(24)22-11-2-3-12(18)13(19)7-11/h2-7,23H,1H3,(H,22,24)/b10-4-. The van der Waals surface area contributed by atoms with E-state index in [1.165, 1.54) is 25.3 Å². The Bertz CT molecular complexity index is 907. The first-order valence-electron chi connectivity index (χ1n) is 6.80. The lowest BCUT2D eigenvalue weighted by Crippen LogP contribution is -2.13. The topological polar surface area (TPSA) is 82.3 Å². The van der Waals surface area contributed by atoms with Gasteiger partial charge in [0.2, 0.25) is 0 Å². The molecule has 0 heterocycles. The van der Waals surface area contributed by atoms with E-state index in [1.807, 2.05) is 28.7 Å². The van der Waals surface area contributed by atoms with Crippen molar-refractivity contribution in [1.82, 2.24) is 0 Å².